The van der Waals surface area contributed by atoms with Gasteiger partial charge in [-0.2, -0.15) is 0 Å². The van der Waals surface area contributed by atoms with Crippen molar-refractivity contribution in [2.45, 2.75) is 245 Å². The molecule has 0 saturated carbocycles. The van der Waals surface area contributed by atoms with Crippen molar-refractivity contribution in [1.29, 1.82) is 0 Å². The van der Waals surface area contributed by atoms with Gasteiger partial charge in [0.25, 0.3) is 0 Å². The Hall–Kier alpha value is -4.19. The van der Waals surface area contributed by atoms with E-state index in [0.29, 0.717) is 19.3 Å². The number of allylic oxidation sites excluding steroid dienone is 20. The fourth-order valence-corrected chi connectivity index (χ4v) is 7.46. The number of hydrogen-bond donors (Lipinski definition) is 0. The monoisotopic (exact) mass is 955 g/mol. The van der Waals surface area contributed by atoms with Crippen LogP contribution in [0.1, 0.15) is 239 Å². The second-order valence-electron chi connectivity index (χ2n) is 18.2. The van der Waals surface area contributed by atoms with Crippen LogP contribution in [0.5, 0.6) is 0 Å². The lowest BCUT2D eigenvalue weighted by Gasteiger charge is -2.18. The van der Waals surface area contributed by atoms with Crippen LogP contribution in [0.4, 0.5) is 0 Å². The number of carbonyl (C=O) groups excluding carboxylic acids is 3. The summed E-state index contributed by atoms with van der Waals surface area (Å²) in [5, 5.41) is 0. The lowest BCUT2D eigenvalue weighted by Crippen LogP contribution is -2.30. The first-order chi connectivity index (χ1) is 34.0. The van der Waals surface area contributed by atoms with E-state index in [-0.39, 0.29) is 37.5 Å². The third kappa shape index (κ3) is 54.6. The molecule has 6 heteroatoms. The minimum Gasteiger partial charge on any atom is -0.462 e. The second-order valence-corrected chi connectivity index (χ2v) is 18.2. The van der Waals surface area contributed by atoms with Crippen molar-refractivity contribution in [2.75, 3.05) is 13.2 Å². The fourth-order valence-electron chi connectivity index (χ4n) is 7.46. The van der Waals surface area contributed by atoms with E-state index in [4.69, 9.17) is 14.2 Å². The van der Waals surface area contributed by atoms with Gasteiger partial charge < -0.3 is 14.2 Å². The zero-order valence-electron chi connectivity index (χ0n) is 44.5. The van der Waals surface area contributed by atoms with Crippen molar-refractivity contribution in [2.24, 2.45) is 0 Å². The summed E-state index contributed by atoms with van der Waals surface area (Å²) >= 11 is 0. The van der Waals surface area contributed by atoms with Crippen LogP contribution in [0.2, 0.25) is 0 Å². The number of ether oxygens (including phenoxy) is 3. The highest BCUT2D eigenvalue weighted by Crippen LogP contribution is 2.15. The third-order valence-electron chi connectivity index (χ3n) is 11.6. The summed E-state index contributed by atoms with van der Waals surface area (Å²) in [5.74, 6) is -0.961. The molecule has 0 N–H and O–H groups in total. The summed E-state index contributed by atoms with van der Waals surface area (Å²) in [4.78, 5) is 38.1. The highest BCUT2D eigenvalue weighted by atomic mass is 16.6. The third-order valence-corrected chi connectivity index (χ3v) is 11.6. The first kappa shape index (κ1) is 64.8. The van der Waals surface area contributed by atoms with E-state index in [1.807, 2.05) is 60.8 Å². The van der Waals surface area contributed by atoms with Crippen LogP contribution < -0.4 is 0 Å². The first-order valence-electron chi connectivity index (χ1n) is 28.1. The number of unbranched alkanes of at least 4 members (excludes halogenated alkanes) is 23. The summed E-state index contributed by atoms with van der Waals surface area (Å²) in [5.41, 5.74) is 0. The van der Waals surface area contributed by atoms with Crippen molar-refractivity contribution in [3.8, 4) is 0 Å². The molecule has 0 fully saturated rings. The second kappa shape index (κ2) is 56.4. The molecule has 0 saturated heterocycles. The van der Waals surface area contributed by atoms with Crippen molar-refractivity contribution >= 4 is 17.9 Å². The normalized spacial score (nSPS) is 13.0. The van der Waals surface area contributed by atoms with Crippen molar-refractivity contribution < 1.29 is 28.6 Å². The number of esters is 3. The molecule has 0 rings (SSSR count). The summed E-state index contributed by atoms with van der Waals surface area (Å²) < 4.78 is 16.8. The van der Waals surface area contributed by atoms with Gasteiger partial charge >= 0.3 is 17.9 Å². The minimum atomic E-state index is -0.810. The Balaban J connectivity index is 4.51. The van der Waals surface area contributed by atoms with Gasteiger partial charge in [-0.3, -0.25) is 14.4 Å². The van der Waals surface area contributed by atoms with Gasteiger partial charge in [-0.1, -0.05) is 264 Å². The van der Waals surface area contributed by atoms with Gasteiger partial charge in [0.15, 0.2) is 6.10 Å². The molecule has 0 spiro atoms. The summed E-state index contributed by atoms with van der Waals surface area (Å²) in [6.07, 6.45) is 77.5. The van der Waals surface area contributed by atoms with Gasteiger partial charge in [0.05, 0.1) is 0 Å². The molecule has 0 bridgehead atoms. The summed E-state index contributed by atoms with van der Waals surface area (Å²) in [7, 11) is 0. The Morgan fingerprint density at radius 1 is 0.319 bits per heavy atom. The van der Waals surface area contributed by atoms with Gasteiger partial charge in [0, 0.05) is 19.3 Å². The van der Waals surface area contributed by atoms with Gasteiger partial charge in [0.1, 0.15) is 13.2 Å². The van der Waals surface area contributed by atoms with E-state index in [9.17, 15) is 14.4 Å². The van der Waals surface area contributed by atoms with Crippen LogP contribution in [-0.2, 0) is 28.6 Å². The van der Waals surface area contributed by atoms with Crippen LogP contribution in [0.15, 0.2) is 122 Å². The zero-order chi connectivity index (χ0) is 50.0. The van der Waals surface area contributed by atoms with Crippen LogP contribution in [0, 0.1) is 0 Å². The minimum absolute atomic E-state index is 0.102. The predicted molar refractivity (Wildman–Crippen MR) is 297 cm³/mol. The molecule has 1 atom stereocenters. The average Bonchev–Trinajstić information content (AvgIpc) is 3.35. The van der Waals surface area contributed by atoms with E-state index in [0.717, 1.165) is 103 Å². The van der Waals surface area contributed by atoms with Gasteiger partial charge in [-0.05, 0) is 77.0 Å². The maximum absolute atomic E-state index is 12.8. The Labute approximate surface area is 424 Å². The van der Waals surface area contributed by atoms with E-state index in [2.05, 4.69) is 81.5 Å². The van der Waals surface area contributed by atoms with Gasteiger partial charge in [0.2, 0.25) is 0 Å². The molecule has 0 aromatic carbocycles. The standard InChI is InChI=1S/C63H102O6/c1-4-7-10-13-16-19-22-25-28-30-31-33-35-38-41-44-47-50-53-56-62(65)68-59-60(58-67-61(64)55-52-49-46-43-40-37-34-27-24-21-18-15-12-9-6-3)69-63(66)57-54-51-48-45-42-39-36-32-29-26-23-20-17-14-11-8-5-2/h7-8,10-11,14,16-17,19-20,23,25-26,28-29,31-33,36,39,42,60H,4-6,9,12-13,15,18,21-22,24,27,30,34-35,37-38,40-41,43-59H2,1-3H3/b10-7-,11-8-,17-14-,19-16-,23-20-,28-25-,29-26-,33-31-,36-32+,42-39-. The van der Waals surface area contributed by atoms with Crippen molar-refractivity contribution in [3.05, 3.63) is 122 Å². The molecule has 0 heterocycles. The Bertz CT molecular complexity index is 1470. The van der Waals surface area contributed by atoms with E-state index < -0.39 is 6.10 Å². The first-order valence-corrected chi connectivity index (χ1v) is 28.1. The summed E-state index contributed by atoms with van der Waals surface area (Å²) in [6.45, 7) is 6.34. The summed E-state index contributed by atoms with van der Waals surface area (Å²) in [6, 6.07) is 0. The van der Waals surface area contributed by atoms with E-state index >= 15 is 0 Å². The Kier molecular flexibility index (Phi) is 53.0. The average molecular weight is 956 g/mol. The van der Waals surface area contributed by atoms with Crippen LogP contribution in [-0.4, -0.2) is 37.2 Å². The molecular formula is C63H102O6. The molecule has 69 heavy (non-hydrogen) atoms. The molecular weight excluding hydrogens is 853 g/mol. The highest BCUT2D eigenvalue weighted by Gasteiger charge is 2.19. The van der Waals surface area contributed by atoms with Crippen molar-refractivity contribution in [1.82, 2.24) is 0 Å². The Morgan fingerprint density at radius 3 is 1.07 bits per heavy atom. The molecule has 0 aromatic rings. The quantitative estimate of drug-likeness (QED) is 0.0199. The topological polar surface area (TPSA) is 78.9 Å². The van der Waals surface area contributed by atoms with Crippen LogP contribution in [0.3, 0.4) is 0 Å². The predicted octanol–water partition coefficient (Wildman–Crippen LogP) is 18.9. The molecule has 0 aliphatic carbocycles. The molecule has 0 aliphatic heterocycles. The molecule has 390 valence electrons. The SMILES string of the molecule is CC\C=C/C=C\C=C/C=C\C=C\C=C/CCCCCC(=O)OC(COC(=O)CCCCCCCC/C=C\C/C=C\C/C=C\C/C=C\CC)COC(=O)CCCCCCCCCCCCCCCCC. The maximum Gasteiger partial charge on any atom is 0.306 e. The van der Waals surface area contributed by atoms with Gasteiger partial charge in [-0.15, -0.1) is 0 Å². The fraction of sp³-hybridized carbons (Fsp3) is 0.635. The van der Waals surface area contributed by atoms with Gasteiger partial charge in [-0.25, -0.2) is 0 Å². The number of carbonyl (C=O) groups is 3. The zero-order valence-corrected chi connectivity index (χ0v) is 44.5. The van der Waals surface area contributed by atoms with E-state index in [1.165, 1.54) is 89.9 Å². The van der Waals surface area contributed by atoms with E-state index in [1.54, 1.807) is 0 Å². The number of hydrogen-bond acceptors (Lipinski definition) is 6. The molecule has 1 unspecified atom stereocenters. The lowest BCUT2D eigenvalue weighted by atomic mass is 10.0. The largest absolute Gasteiger partial charge is 0.462 e. The maximum atomic E-state index is 12.8. The molecule has 0 aliphatic rings. The van der Waals surface area contributed by atoms with Crippen molar-refractivity contribution in [3.63, 3.8) is 0 Å². The lowest BCUT2D eigenvalue weighted by molar-refractivity contribution is -0.167. The molecule has 0 aromatic heterocycles. The van der Waals surface area contributed by atoms with Crippen LogP contribution in [0.25, 0.3) is 0 Å². The smallest absolute Gasteiger partial charge is 0.306 e. The highest BCUT2D eigenvalue weighted by molar-refractivity contribution is 5.71. The van der Waals surface area contributed by atoms with Crippen LogP contribution >= 0.6 is 0 Å². The molecule has 0 radical (unpaired) electrons. The Morgan fingerprint density at radius 2 is 0.638 bits per heavy atom. The number of rotatable bonds is 49. The molecule has 0 amide bonds. The molecule has 6 nitrogen and oxygen atoms in total.